The van der Waals surface area contributed by atoms with Crippen molar-refractivity contribution in [2.45, 2.75) is 52.4 Å². The molecule has 10 bridgehead atoms. The first-order valence-corrected chi connectivity index (χ1v) is 17.9. The summed E-state index contributed by atoms with van der Waals surface area (Å²) in [5.74, 6) is 3.68. The monoisotopic (exact) mass is 666 g/mol. The van der Waals surface area contributed by atoms with Crippen LogP contribution in [-0.4, -0.2) is 66.1 Å². The molecule has 1 heterocycles. The van der Waals surface area contributed by atoms with E-state index in [9.17, 15) is 0 Å². The molecule has 7 heteroatoms. The second-order valence-electron chi connectivity index (χ2n) is 12.6. The fraction of sp³-hybridized carbons (Fsp3) is 0.429. The molecule has 4 aromatic rings. The third kappa shape index (κ3) is 9.15. The zero-order valence-corrected chi connectivity index (χ0v) is 29.1. The first-order chi connectivity index (χ1) is 24.2. The van der Waals surface area contributed by atoms with Crippen molar-refractivity contribution in [1.29, 1.82) is 0 Å². The van der Waals surface area contributed by atoms with E-state index in [4.69, 9.17) is 33.2 Å². The Hall–Kier alpha value is -4.04. The first-order valence-electron chi connectivity index (χ1n) is 17.9. The predicted octanol–water partition coefficient (Wildman–Crippen LogP) is 7.76. The number of fused-ring (bicyclic) bond motifs is 2. The smallest absolute Gasteiger partial charge is 0.126 e. The van der Waals surface area contributed by atoms with Gasteiger partial charge in [-0.25, -0.2) is 0 Å². The van der Waals surface area contributed by atoms with Crippen LogP contribution in [-0.2, 0) is 39.9 Å². The Kier molecular flexibility index (Phi) is 12.9. The van der Waals surface area contributed by atoms with E-state index in [-0.39, 0.29) is 0 Å². The Balaban J connectivity index is 1.53. The van der Waals surface area contributed by atoms with E-state index in [1.165, 1.54) is 0 Å². The summed E-state index contributed by atoms with van der Waals surface area (Å²) >= 11 is 0. The van der Waals surface area contributed by atoms with Crippen molar-refractivity contribution < 1.29 is 33.2 Å². The minimum atomic E-state index is 0.434. The lowest BCUT2D eigenvalue weighted by Crippen LogP contribution is -2.16. The second kappa shape index (κ2) is 18.1. The SMILES string of the molecule is CCCOc1c2cccc1Cc1cccc3c1OCCOCCOCCOCCOc1c(cccc1Cc1cccc(c1OCCC)C3)C2. The highest BCUT2D eigenvalue weighted by Gasteiger charge is 2.21. The van der Waals surface area contributed by atoms with Crippen molar-refractivity contribution in [3.63, 3.8) is 0 Å². The van der Waals surface area contributed by atoms with Crippen molar-refractivity contribution in [1.82, 2.24) is 0 Å². The Morgan fingerprint density at radius 2 is 0.694 bits per heavy atom. The topological polar surface area (TPSA) is 64.6 Å². The number of hydrogen-bond donors (Lipinski definition) is 0. The Bertz CT molecular complexity index is 1440. The third-order valence-electron chi connectivity index (χ3n) is 8.83. The lowest BCUT2D eigenvalue weighted by Gasteiger charge is -2.23. The highest BCUT2D eigenvalue weighted by atomic mass is 16.6. The van der Waals surface area contributed by atoms with Gasteiger partial charge in [-0.1, -0.05) is 86.6 Å². The average Bonchev–Trinajstić information content (AvgIpc) is 3.10. The van der Waals surface area contributed by atoms with Crippen LogP contribution in [0.1, 0.15) is 71.2 Å². The molecule has 0 radical (unpaired) electrons. The van der Waals surface area contributed by atoms with E-state index in [0.717, 1.165) is 80.3 Å². The standard InChI is InChI=1S/C42H50O7/c1-3-17-46-39-31-9-5-10-32(39)28-36-14-8-16-38-30-34-12-6-11-33(40(34)47-18-4-2)29-37-15-7-13-35(27-31)41(37)48-25-23-44-21-19-43-20-22-45-24-26-49-42(36)38/h5-16H,3-4,17-30H2,1-2H3. The van der Waals surface area contributed by atoms with E-state index < -0.39 is 0 Å². The maximum atomic E-state index is 6.63. The molecule has 0 fully saturated rings. The Morgan fingerprint density at radius 1 is 0.408 bits per heavy atom. The van der Waals surface area contributed by atoms with Gasteiger partial charge in [0.25, 0.3) is 0 Å². The van der Waals surface area contributed by atoms with Gasteiger partial charge in [0.15, 0.2) is 0 Å². The molecule has 4 aromatic carbocycles. The molecule has 6 rings (SSSR count). The molecule has 260 valence electrons. The van der Waals surface area contributed by atoms with E-state index in [2.05, 4.69) is 86.6 Å². The van der Waals surface area contributed by atoms with Crippen molar-refractivity contribution in [2.24, 2.45) is 0 Å². The van der Waals surface area contributed by atoms with Gasteiger partial charge in [-0.15, -0.1) is 0 Å². The molecule has 0 N–H and O–H groups in total. The lowest BCUT2D eigenvalue weighted by atomic mass is 9.91. The minimum Gasteiger partial charge on any atom is -0.493 e. The van der Waals surface area contributed by atoms with Crippen molar-refractivity contribution >= 4 is 0 Å². The number of rotatable bonds is 6. The van der Waals surface area contributed by atoms with Crippen LogP contribution in [0.15, 0.2) is 72.8 Å². The van der Waals surface area contributed by atoms with Gasteiger partial charge in [-0.05, 0) is 57.3 Å². The summed E-state index contributed by atoms with van der Waals surface area (Å²) < 4.78 is 43.9. The molecule has 0 saturated carbocycles. The van der Waals surface area contributed by atoms with Crippen molar-refractivity contribution in [3.8, 4) is 23.0 Å². The van der Waals surface area contributed by atoms with Crippen LogP contribution in [0.4, 0.5) is 0 Å². The summed E-state index contributed by atoms with van der Waals surface area (Å²) in [4.78, 5) is 0. The molecule has 0 aromatic heterocycles. The van der Waals surface area contributed by atoms with Gasteiger partial charge in [-0.2, -0.15) is 0 Å². The number of benzene rings is 4. The number of hydrogen-bond acceptors (Lipinski definition) is 7. The molecule has 1 aliphatic heterocycles. The maximum Gasteiger partial charge on any atom is 0.126 e. The van der Waals surface area contributed by atoms with Gasteiger partial charge in [0.1, 0.15) is 36.2 Å². The predicted molar refractivity (Wildman–Crippen MR) is 192 cm³/mol. The fourth-order valence-corrected chi connectivity index (χ4v) is 6.58. The number of ether oxygens (including phenoxy) is 7. The summed E-state index contributed by atoms with van der Waals surface area (Å²) in [5.41, 5.74) is 9.01. The highest BCUT2D eigenvalue weighted by molar-refractivity contribution is 5.56. The zero-order chi connectivity index (χ0) is 33.7. The fourth-order valence-electron chi connectivity index (χ4n) is 6.58. The third-order valence-corrected chi connectivity index (χ3v) is 8.83. The van der Waals surface area contributed by atoms with Crippen LogP contribution in [0, 0.1) is 0 Å². The van der Waals surface area contributed by atoms with Crippen molar-refractivity contribution in [2.75, 3.05) is 66.1 Å². The molecule has 0 unspecified atom stereocenters. The van der Waals surface area contributed by atoms with Gasteiger partial charge >= 0.3 is 0 Å². The summed E-state index contributed by atoms with van der Waals surface area (Å²) in [7, 11) is 0. The van der Waals surface area contributed by atoms with Crippen molar-refractivity contribution in [3.05, 3.63) is 117 Å². The van der Waals surface area contributed by atoms with Crippen LogP contribution in [0.3, 0.4) is 0 Å². The molecule has 1 aliphatic carbocycles. The maximum absolute atomic E-state index is 6.63. The molecule has 0 atom stereocenters. The average molecular weight is 667 g/mol. The van der Waals surface area contributed by atoms with Crippen LogP contribution < -0.4 is 18.9 Å². The highest BCUT2D eigenvalue weighted by Crippen LogP contribution is 2.39. The van der Waals surface area contributed by atoms with Crippen LogP contribution in [0.2, 0.25) is 0 Å². The van der Waals surface area contributed by atoms with E-state index >= 15 is 0 Å². The molecule has 49 heavy (non-hydrogen) atoms. The van der Waals surface area contributed by atoms with E-state index in [1.807, 2.05) is 0 Å². The summed E-state index contributed by atoms with van der Waals surface area (Å²) in [5, 5.41) is 0. The van der Waals surface area contributed by atoms with Gasteiger partial charge in [0.05, 0.1) is 52.9 Å². The Labute approximate surface area is 291 Å². The molecule has 0 saturated heterocycles. The minimum absolute atomic E-state index is 0.434. The molecule has 2 aliphatic rings. The molecule has 7 nitrogen and oxygen atoms in total. The van der Waals surface area contributed by atoms with Gasteiger partial charge in [0, 0.05) is 25.7 Å². The van der Waals surface area contributed by atoms with E-state index in [1.54, 1.807) is 0 Å². The quantitative estimate of drug-likeness (QED) is 0.184. The van der Waals surface area contributed by atoms with Crippen LogP contribution in [0.25, 0.3) is 0 Å². The zero-order valence-electron chi connectivity index (χ0n) is 29.1. The van der Waals surface area contributed by atoms with Crippen LogP contribution >= 0.6 is 0 Å². The van der Waals surface area contributed by atoms with E-state index in [0.29, 0.717) is 91.8 Å². The first kappa shape index (κ1) is 34.8. The molecular formula is C42H50O7. The summed E-state index contributed by atoms with van der Waals surface area (Å²) in [6.07, 6.45) is 4.53. The van der Waals surface area contributed by atoms with Gasteiger partial charge < -0.3 is 33.2 Å². The molecule has 0 spiro atoms. The summed E-state index contributed by atoms with van der Waals surface area (Å²) in [6.45, 7) is 9.38. The van der Waals surface area contributed by atoms with Gasteiger partial charge in [-0.3, -0.25) is 0 Å². The Morgan fingerprint density at radius 3 is 1.00 bits per heavy atom. The normalized spacial score (nSPS) is 15.8. The molecule has 0 amide bonds. The second-order valence-corrected chi connectivity index (χ2v) is 12.6. The van der Waals surface area contributed by atoms with Gasteiger partial charge in [0.2, 0.25) is 0 Å². The lowest BCUT2D eigenvalue weighted by molar-refractivity contribution is 0.00484. The number of para-hydroxylation sites is 4. The van der Waals surface area contributed by atoms with Crippen LogP contribution in [0.5, 0.6) is 23.0 Å². The summed E-state index contributed by atoms with van der Waals surface area (Å²) in [6, 6.07) is 26.0. The largest absolute Gasteiger partial charge is 0.493 e. The molecular weight excluding hydrogens is 616 g/mol.